The van der Waals surface area contributed by atoms with Crippen LogP contribution in [0.2, 0.25) is 5.02 Å². The summed E-state index contributed by atoms with van der Waals surface area (Å²) in [6.07, 6.45) is 2.59. The first-order chi connectivity index (χ1) is 9.36. The van der Waals surface area contributed by atoms with Crippen LogP contribution in [0.25, 0.3) is 0 Å². The van der Waals surface area contributed by atoms with Crippen LogP contribution >= 0.6 is 11.6 Å². The molecule has 0 aliphatic heterocycles. The van der Waals surface area contributed by atoms with Crippen molar-refractivity contribution in [3.8, 4) is 0 Å². The zero-order chi connectivity index (χ0) is 14.8. The van der Waals surface area contributed by atoms with Crippen LogP contribution in [0.15, 0.2) is 47.5 Å². The molecule has 5 nitrogen and oxygen atoms in total. The molecule has 1 heterocycles. The molecule has 0 saturated heterocycles. The molecule has 0 bridgehead atoms. The van der Waals surface area contributed by atoms with Gasteiger partial charge in [0.15, 0.2) is 9.84 Å². The number of carbonyl (C=O) groups excluding carboxylic acids is 1. The highest BCUT2D eigenvalue weighted by atomic mass is 35.5. The molecule has 2 rings (SSSR count). The van der Waals surface area contributed by atoms with Gasteiger partial charge in [-0.05, 0) is 36.4 Å². The van der Waals surface area contributed by atoms with Gasteiger partial charge < -0.3 is 5.32 Å². The van der Waals surface area contributed by atoms with E-state index in [1.54, 1.807) is 6.07 Å². The number of benzene rings is 1. The second-order valence-electron chi connectivity index (χ2n) is 4.11. The third-order valence-electron chi connectivity index (χ3n) is 2.51. The SMILES string of the molecule is CS(=O)(=O)c1ccc(C(=O)Nc2cc(Cl)ccn2)cc1. The Balaban J connectivity index is 2.18. The lowest BCUT2D eigenvalue weighted by Crippen LogP contribution is -2.13. The summed E-state index contributed by atoms with van der Waals surface area (Å²) in [5.74, 6) is -0.0606. The second-order valence-corrected chi connectivity index (χ2v) is 6.56. The van der Waals surface area contributed by atoms with E-state index in [9.17, 15) is 13.2 Å². The molecule has 0 unspecified atom stereocenters. The maximum absolute atomic E-state index is 11.9. The molecule has 0 aliphatic carbocycles. The molecule has 1 amide bonds. The number of aromatic nitrogens is 1. The smallest absolute Gasteiger partial charge is 0.256 e. The van der Waals surface area contributed by atoms with Crippen molar-refractivity contribution in [3.63, 3.8) is 0 Å². The number of pyridine rings is 1. The fraction of sp³-hybridized carbons (Fsp3) is 0.0769. The van der Waals surface area contributed by atoms with Gasteiger partial charge in [0.25, 0.3) is 5.91 Å². The van der Waals surface area contributed by atoms with Crippen LogP contribution in [0, 0.1) is 0 Å². The van der Waals surface area contributed by atoms with E-state index in [0.717, 1.165) is 6.26 Å². The maximum Gasteiger partial charge on any atom is 0.256 e. The third-order valence-corrected chi connectivity index (χ3v) is 3.87. The minimum atomic E-state index is -3.27. The highest BCUT2D eigenvalue weighted by Crippen LogP contribution is 2.14. The Morgan fingerprint density at radius 1 is 1.20 bits per heavy atom. The Hall–Kier alpha value is -1.92. The number of carbonyl (C=O) groups is 1. The Bertz CT molecular complexity index is 742. The van der Waals surface area contributed by atoms with Gasteiger partial charge in [0.05, 0.1) is 4.90 Å². The topological polar surface area (TPSA) is 76.1 Å². The number of nitrogens with zero attached hydrogens (tertiary/aromatic N) is 1. The first kappa shape index (κ1) is 14.5. The van der Waals surface area contributed by atoms with Crippen molar-refractivity contribution in [3.05, 3.63) is 53.2 Å². The van der Waals surface area contributed by atoms with E-state index in [0.29, 0.717) is 16.4 Å². The average molecular weight is 311 g/mol. The van der Waals surface area contributed by atoms with Crippen molar-refractivity contribution in [1.82, 2.24) is 4.98 Å². The molecule has 0 aliphatic rings. The van der Waals surface area contributed by atoms with E-state index in [-0.39, 0.29) is 10.8 Å². The van der Waals surface area contributed by atoms with Gasteiger partial charge in [0, 0.05) is 23.0 Å². The predicted molar refractivity (Wildman–Crippen MR) is 76.8 cm³/mol. The number of hydrogen-bond acceptors (Lipinski definition) is 4. The molecule has 1 aromatic carbocycles. The standard InChI is InChI=1S/C13H11ClN2O3S/c1-20(18,19)11-4-2-9(3-5-11)13(17)16-12-8-10(14)6-7-15-12/h2-8H,1H3,(H,15,16,17). The van der Waals surface area contributed by atoms with Crippen molar-refractivity contribution in [2.24, 2.45) is 0 Å². The fourth-order valence-corrected chi connectivity index (χ4v) is 2.31. The van der Waals surface area contributed by atoms with Gasteiger partial charge in [0.1, 0.15) is 5.82 Å². The van der Waals surface area contributed by atoms with E-state index in [2.05, 4.69) is 10.3 Å². The summed E-state index contributed by atoms with van der Waals surface area (Å²) in [6, 6.07) is 8.76. The number of halogens is 1. The van der Waals surface area contributed by atoms with Gasteiger partial charge in [-0.25, -0.2) is 13.4 Å². The van der Waals surface area contributed by atoms with E-state index in [1.807, 2.05) is 0 Å². The third kappa shape index (κ3) is 3.55. The van der Waals surface area contributed by atoms with Crippen LogP contribution in [-0.4, -0.2) is 25.6 Å². The molecule has 104 valence electrons. The summed E-state index contributed by atoms with van der Waals surface area (Å²) >= 11 is 5.79. The molecular formula is C13H11ClN2O3S. The first-order valence-electron chi connectivity index (χ1n) is 5.59. The molecule has 0 radical (unpaired) electrons. The molecule has 7 heteroatoms. The number of rotatable bonds is 3. The molecule has 2 aromatic rings. The molecular weight excluding hydrogens is 300 g/mol. The molecule has 1 aromatic heterocycles. The number of anilines is 1. The highest BCUT2D eigenvalue weighted by molar-refractivity contribution is 7.90. The number of sulfone groups is 1. The van der Waals surface area contributed by atoms with Crippen molar-refractivity contribution in [1.29, 1.82) is 0 Å². The summed E-state index contributed by atoms with van der Waals surface area (Å²) in [4.78, 5) is 16.1. The van der Waals surface area contributed by atoms with Gasteiger partial charge in [0.2, 0.25) is 0 Å². The Labute approximate surface area is 121 Å². The monoisotopic (exact) mass is 310 g/mol. The Morgan fingerprint density at radius 2 is 1.85 bits per heavy atom. The number of amides is 1. The number of hydrogen-bond donors (Lipinski definition) is 1. The minimum absolute atomic E-state index is 0.162. The highest BCUT2D eigenvalue weighted by Gasteiger charge is 2.10. The molecule has 0 fully saturated rings. The van der Waals surface area contributed by atoms with Crippen molar-refractivity contribution in [2.45, 2.75) is 4.90 Å². The van der Waals surface area contributed by atoms with Crippen LogP contribution in [0.1, 0.15) is 10.4 Å². The zero-order valence-electron chi connectivity index (χ0n) is 10.5. The summed E-state index contributed by atoms with van der Waals surface area (Å²) in [6.45, 7) is 0. The van der Waals surface area contributed by atoms with Crippen LogP contribution in [0.4, 0.5) is 5.82 Å². The lowest BCUT2D eigenvalue weighted by Gasteiger charge is -2.05. The van der Waals surface area contributed by atoms with Crippen molar-refractivity contribution < 1.29 is 13.2 Å². The molecule has 0 atom stereocenters. The van der Waals surface area contributed by atoms with Gasteiger partial charge >= 0.3 is 0 Å². The van der Waals surface area contributed by atoms with Crippen LogP contribution < -0.4 is 5.32 Å². The summed E-state index contributed by atoms with van der Waals surface area (Å²) in [5.41, 5.74) is 0.333. The van der Waals surface area contributed by atoms with E-state index >= 15 is 0 Å². The van der Waals surface area contributed by atoms with Crippen molar-refractivity contribution >= 4 is 33.2 Å². The van der Waals surface area contributed by atoms with Gasteiger partial charge in [-0.1, -0.05) is 11.6 Å². The van der Waals surface area contributed by atoms with Gasteiger partial charge in [-0.15, -0.1) is 0 Å². The quantitative estimate of drug-likeness (QED) is 0.944. The molecule has 1 N–H and O–H groups in total. The maximum atomic E-state index is 11.9. The zero-order valence-corrected chi connectivity index (χ0v) is 12.1. The first-order valence-corrected chi connectivity index (χ1v) is 7.86. The molecule has 20 heavy (non-hydrogen) atoms. The van der Waals surface area contributed by atoms with E-state index in [1.165, 1.54) is 36.5 Å². The molecule has 0 spiro atoms. The minimum Gasteiger partial charge on any atom is -0.307 e. The summed E-state index contributed by atoms with van der Waals surface area (Å²) in [7, 11) is -3.27. The Morgan fingerprint density at radius 3 is 2.40 bits per heavy atom. The summed E-state index contributed by atoms with van der Waals surface area (Å²) < 4.78 is 22.6. The normalized spacial score (nSPS) is 11.1. The van der Waals surface area contributed by atoms with E-state index < -0.39 is 9.84 Å². The lowest BCUT2D eigenvalue weighted by atomic mass is 10.2. The second kappa shape index (κ2) is 5.60. The van der Waals surface area contributed by atoms with Gasteiger partial charge in [-0.2, -0.15) is 0 Å². The van der Waals surface area contributed by atoms with Crippen LogP contribution in [-0.2, 0) is 9.84 Å². The van der Waals surface area contributed by atoms with Crippen LogP contribution in [0.3, 0.4) is 0 Å². The largest absolute Gasteiger partial charge is 0.307 e. The lowest BCUT2D eigenvalue weighted by molar-refractivity contribution is 0.102. The predicted octanol–water partition coefficient (Wildman–Crippen LogP) is 2.39. The average Bonchev–Trinajstić information content (AvgIpc) is 2.38. The Kier molecular flexibility index (Phi) is 4.06. The van der Waals surface area contributed by atoms with E-state index in [4.69, 9.17) is 11.6 Å². The fourth-order valence-electron chi connectivity index (χ4n) is 1.52. The number of nitrogens with one attached hydrogen (secondary N) is 1. The van der Waals surface area contributed by atoms with Gasteiger partial charge in [-0.3, -0.25) is 4.79 Å². The van der Waals surface area contributed by atoms with Crippen molar-refractivity contribution in [2.75, 3.05) is 11.6 Å². The summed E-state index contributed by atoms with van der Waals surface area (Å²) in [5, 5.41) is 3.03. The molecule has 0 saturated carbocycles. The van der Waals surface area contributed by atoms with Crippen LogP contribution in [0.5, 0.6) is 0 Å².